The quantitative estimate of drug-likeness (QED) is 0.736. The summed E-state index contributed by atoms with van der Waals surface area (Å²) < 4.78 is 5.11. The summed E-state index contributed by atoms with van der Waals surface area (Å²) in [6, 6.07) is 5.78. The highest BCUT2D eigenvalue weighted by molar-refractivity contribution is 6.43. The second-order valence-corrected chi connectivity index (χ2v) is 8.86. The van der Waals surface area contributed by atoms with Crippen LogP contribution in [0.4, 0.5) is 5.69 Å². The Morgan fingerprint density at radius 3 is 2.62 bits per heavy atom. The van der Waals surface area contributed by atoms with Crippen LogP contribution in [-0.4, -0.2) is 54.2 Å². The number of hydrogen-bond acceptors (Lipinski definition) is 5. The van der Waals surface area contributed by atoms with Crippen molar-refractivity contribution in [1.82, 2.24) is 15.4 Å². The minimum absolute atomic E-state index is 0.121. The molecule has 8 heteroatoms. The first-order valence-corrected chi connectivity index (χ1v) is 10.9. The highest BCUT2D eigenvalue weighted by Gasteiger charge is 2.39. The summed E-state index contributed by atoms with van der Waals surface area (Å²) in [5.74, 6) is 0.170. The van der Waals surface area contributed by atoms with Gasteiger partial charge in [0.1, 0.15) is 0 Å². The van der Waals surface area contributed by atoms with Crippen molar-refractivity contribution in [3.8, 4) is 0 Å². The molecule has 1 aliphatic heterocycles. The highest BCUT2D eigenvalue weighted by Crippen LogP contribution is 2.36. The Labute approximate surface area is 181 Å². The zero-order chi connectivity index (χ0) is 20.4. The molecule has 6 nitrogen and oxygen atoms in total. The van der Waals surface area contributed by atoms with Crippen LogP contribution in [0.2, 0.25) is 10.0 Å². The van der Waals surface area contributed by atoms with Crippen LogP contribution in [0.5, 0.6) is 0 Å². The third-order valence-electron chi connectivity index (χ3n) is 6.19. The number of benzene rings is 1. The van der Waals surface area contributed by atoms with Crippen LogP contribution >= 0.6 is 23.2 Å². The van der Waals surface area contributed by atoms with E-state index < -0.39 is 0 Å². The number of rotatable bonds is 6. The van der Waals surface area contributed by atoms with E-state index in [1.54, 1.807) is 6.20 Å². The van der Waals surface area contributed by atoms with Crippen molar-refractivity contribution in [2.24, 2.45) is 0 Å². The third-order valence-corrected chi connectivity index (χ3v) is 7.00. The van der Waals surface area contributed by atoms with Crippen molar-refractivity contribution < 1.29 is 9.32 Å². The van der Waals surface area contributed by atoms with Crippen molar-refractivity contribution in [1.29, 1.82) is 0 Å². The van der Waals surface area contributed by atoms with E-state index in [0.717, 1.165) is 69.7 Å². The molecule has 2 aromatic rings. The maximum absolute atomic E-state index is 12.6. The number of carbonyl (C=O) groups excluding carboxylic acids is 1. The Balaban J connectivity index is 1.30. The van der Waals surface area contributed by atoms with Gasteiger partial charge in [0.2, 0.25) is 5.76 Å². The summed E-state index contributed by atoms with van der Waals surface area (Å²) in [7, 11) is 0. The van der Waals surface area contributed by atoms with Gasteiger partial charge >= 0.3 is 0 Å². The third kappa shape index (κ3) is 4.39. The van der Waals surface area contributed by atoms with E-state index in [0.29, 0.717) is 15.8 Å². The molecule has 1 aromatic heterocycles. The lowest BCUT2D eigenvalue weighted by Crippen LogP contribution is -2.56. The van der Waals surface area contributed by atoms with Gasteiger partial charge in [-0.3, -0.25) is 9.69 Å². The molecule has 2 heterocycles. The van der Waals surface area contributed by atoms with Crippen LogP contribution in [0.25, 0.3) is 0 Å². The number of hydrogen-bond donors (Lipinski definition) is 1. The van der Waals surface area contributed by atoms with Gasteiger partial charge in [0.15, 0.2) is 0 Å². The molecule has 29 heavy (non-hydrogen) atoms. The van der Waals surface area contributed by atoms with E-state index in [-0.39, 0.29) is 11.4 Å². The molecule has 1 amide bonds. The Morgan fingerprint density at radius 1 is 1.24 bits per heavy atom. The molecule has 156 valence electrons. The van der Waals surface area contributed by atoms with Gasteiger partial charge in [0.05, 0.1) is 21.9 Å². The van der Waals surface area contributed by atoms with Crippen LogP contribution in [-0.2, 0) is 0 Å². The molecule has 0 radical (unpaired) electrons. The molecule has 0 bridgehead atoms. The standard InChI is InChI=1S/C21H26Cl2N4O2/c1-15-14-24-29-19(15)20(28)25-21(6-3-7-21)8-9-26-10-12-27(13-11-26)17-5-2-4-16(22)18(17)23/h2,4-5,14H,3,6-13H2,1H3,(H,25,28). The number of aryl methyl sites for hydroxylation is 1. The van der Waals surface area contributed by atoms with Crippen molar-refractivity contribution in [2.45, 2.75) is 38.1 Å². The fourth-order valence-corrected chi connectivity index (χ4v) is 4.58. The first-order chi connectivity index (χ1) is 14.0. The average Bonchev–Trinajstić information content (AvgIpc) is 3.12. The predicted molar refractivity (Wildman–Crippen MR) is 115 cm³/mol. The van der Waals surface area contributed by atoms with Gasteiger partial charge in [-0.05, 0) is 44.7 Å². The van der Waals surface area contributed by atoms with Gasteiger partial charge in [-0.25, -0.2) is 0 Å². The van der Waals surface area contributed by atoms with Crippen molar-refractivity contribution >= 4 is 34.8 Å². The van der Waals surface area contributed by atoms with Gasteiger partial charge in [-0.1, -0.05) is 34.4 Å². The molecule has 1 saturated heterocycles. The van der Waals surface area contributed by atoms with Crippen LogP contribution in [0.1, 0.15) is 41.8 Å². The van der Waals surface area contributed by atoms with E-state index in [2.05, 4.69) is 20.3 Å². The Kier molecular flexibility index (Phi) is 6.04. The summed E-state index contributed by atoms with van der Waals surface area (Å²) in [4.78, 5) is 17.3. The van der Waals surface area contributed by atoms with E-state index in [4.69, 9.17) is 27.7 Å². The molecule has 0 atom stereocenters. The predicted octanol–water partition coefficient (Wildman–Crippen LogP) is 4.15. The average molecular weight is 437 g/mol. The van der Waals surface area contributed by atoms with Crippen LogP contribution < -0.4 is 10.2 Å². The molecule has 2 fully saturated rings. The molecule has 1 N–H and O–H groups in total. The fourth-order valence-electron chi connectivity index (χ4n) is 4.17. The van der Waals surface area contributed by atoms with Gasteiger partial charge in [-0.15, -0.1) is 0 Å². The maximum Gasteiger partial charge on any atom is 0.290 e. The minimum Gasteiger partial charge on any atom is -0.368 e. The summed E-state index contributed by atoms with van der Waals surface area (Å²) in [5, 5.41) is 8.15. The number of nitrogens with one attached hydrogen (secondary N) is 1. The normalized spacial score (nSPS) is 19.1. The molecule has 1 saturated carbocycles. The van der Waals surface area contributed by atoms with Crippen molar-refractivity contribution in [3.63, 3.8) is 0 Å². The second kappa shape index (κ2) is 8.54. The van der Waals surface area contributed by atoms with E-state index in [1.165, 1.54) is 0 Å². The van der Waals surface area contributed by atoms with Crippen LogP contribution in [0, 0.1) is 6.92 Å². The largest absolute Gasteiger partial charge is 0.368 e. The first kappa shape index (κ1) is 20.5. The van der Waals surface area contributed by atoms with E-state index >= 15 is 0 Å². The van der Waals surface area contributed by atoms with Crippen molar-refractivity contribution in [3.05, 3.63) is 45.8 Å². The van der Waals surface area contributed by atoms with Gasteiger partial charge in [-0.2, -0.15) is 0 Å². The number of carbonyl (C=O) groups is 1. The highest BCUT2D eigenvalue weighted by atomic mass is 35.5. The Bertz CT molecular complexity index is 873. The zero-order valence-electron chi connectivity index (χ0n) is 16.6. The first-order valence-electron chi connectivity index (χ1n) is 10.1. The second-order valence-electron chi connectivity index (χ2n) is 8.08. The number of aromatic nitrogens is 1. The molecule has 1 aromatic carbocycles. The molecule has 0 unspecified atom stereocenters. The number of nitrogens with zero attached hydrogens (tertiary/aromatic N) is 3. The smallest absolute Gasteiger partial charge is 0.290 e. The molecule has 2 aliphatic rings. The number of halogens is 2. The van der Waals surface area contributed by atoms with Gasteiger partial charge in [0, 0.05) is 43.8 Å². The number of anilines is 1. The fraction of sp³-hybridized carbons (Fsp3) is 0.524. The lowest BCUT2D eigenvalue weighted by atomic mass is 9.74. The summed E-state index contributed by atoms with van der Waals surface area (Å²) in [5.41, 5.74) is 1.65. The molecule has 1 aliphatic carbocycles. The Hall–Kier alpha value is -1.76. The SMILES string of the molecule is Cc1cnoc1C(=O)NC1(CCN2CCN(c3cccc(Cl)c3Cl)CC2)CCC1. The van der Waals surface area contributed by atoms with E-state index in [1.807, 2.05) is 25.1 Å². The molecule has 0 spiro atoms. The molecule has 4 rings (SSSR count). The topological polar surface area (TPSA) is 61.6 Å². The lowest BCUT2D eigenvalue weighted by molar-refractivity contribution is 0.0746. The summed E-state index contributed by atoms with van der Waals surface area (Å²) >= 11 is 12.5. The van der Waals surface area contributed by atoms with Crippen molar-refractivity contribution in [2.75, 3.05) is 37.6 Å². The van der Waals surface area contributed by atoms with Gasteiger partial charge < -0.3 is 14.7 Å². The zero-order valence-corrected chi connectivity index (χ0v) is 18.1. The Morgan fingerprint density at radius 2 is 2.00 bits per heavy atom. The molecular weight excluding hydrogens is 411 g/mol. The monoisotopic (exact) mass is 436 g/mol. The lowest BCUT2D eigenvalue weighted by Gasteiger charge is -2.44. The number of amides is 1. The minimum atomic E-state index is -0.153. The maximum atomic E-state index is 12.6. The van der Waals surface area contributed by atoms with Gasteiger partial charge in [0.25, 0.3) is 5.91 Å². The van der Waals surface area contributed by atoms with Crippen LogP contribution in [0.15, 0.2) is 28.9 Å². The van der Waals surface area contributed by atoms with E-state index in [9.17, 15) is 4.79 Å². The summed E-state index contributed by atoms with van der Waals surface area (Å²) in [6.45, 7) is 6.56. The summed E-state index contributed by atoms with van der Waals surface area (Å²) in [6.07, 6.45) is 5.71. The molecular formula is C21H26Cl2N4O2. The number of piperazine rings is 1. The van der Waals surface area contributed by atoms with Crippen LogP contribution in [0.3, 0.4) is 0 Å².